The maximum atomic E-state index is 12.4. The number of aliphatic hydroxyl groups is 1. The summed E-state index contributed by atoms with van der Waals surface area (Å²) in [6.07, 6.45) is 4.38. The molecule has 1 aliphatic carbocycles. The molecule has 1 amide bonds. The average Bonchev–Trinajstić information content (AvgIpc) is 3.65. The molecule has 0 radical (unpaired) electrons. The van der Waals surface area contributed by atoms with Gasteiger partial charge in [-0.05, 0) is 99.7 Å². The molecule has 2 unspecified atom stereocenters. The van der Waals surface area contributed by atoms with Gasteiger partial charge in [-0.1, -0.05) is 36.4 Å². The second-order valence-corrected chi connectivity index (χ2v) is 12.1. The van der Waals surface area contributed by atoms with Crippen LogP contribution in [0.3, 0.4) is 0 Å². The number of likely N-dealkylation sites (tertiary alicyclic amines) is 1. The first-order valence-electron chi connectivity index (χ1n) is 15.9. The summed E-state index contributed by atoms with van der Waals surface area (Å²) in [5, 5.41) is 18.0. The summed E-state index contributed by atoms with van der Waals surface area (Å²) in [5.41, 5.74) is 9.29. The van der Waals surface area contributed by atoms with E-state index in [4.69, 9.17) is 9.72 Å². The minimum absolute atomic E-state index is 0.141. The number of fused-ring (bicyclic) bond motifs is 1. The third-order valence-corrected chi connectivity index (χ3v) is 9.20. The number of rotatable bonds is 8. The van der Waals surface area contributed by atoms with Crippen LogP contribution < -0.4 is 5.32 Å². The van der Waals surface area contributed by atoms with Crippen LogP contribution >= 0.6 is 0 Å². The zero-order valence-corrected chi connectivity index (χ0v) is 26.4. The van der Waals surface area contributed by atoms with Crippen molar-refractivity contribution in [2.75, 3.05) is 25.0 Å². The van der Waals surface area contributed by atoms with Gasteiger partial charge < -0.3 is 20.1 Å². The predicted octanol–water partition coefficient (Wildman–Crippen LogP) is 5.91. The number of esters is 1. The normalized spacial score (nSPS) is 17.2. The van der Waals surface area contributed by atoms with Gasteiger partial charge in [-0.15, -0.1) is 0 Å². The Balaban J connectivity index is 1.21. The fourth-order valence-corrected chi connectivity index (χ4v) is 6.78. The lowest BCUT2D eigenvalue weighted by Gasteiger charge is -2.33. The maximum Gasteiger partial charge on any atom is 0.341 e. The van der Waals surface area contributed by atoms with E-state index < -0.39 is 6.10 Å². The minimum atomic E-state index is -0.943. The van der Waals surface area contributed by atoms with Crippen LogP contribution in [0.25, 0.3) is 17.1 Å². The van der Waals surface area contributed by atoms with Crippen molar-refractivity contribution < 1.29 is 19.4 Å². The number of aromatic nitrogens is 3. The minimum Gasteiger partial charge on any atom is -0.462 e. The first-order chi connectivity index (χ1) is 21.7. The molecule has 0 spiro atoms. The first kappa shape index (κ1) is 30.5. The van der Waals surface area contributed by atoms with Crippen LogP contribution in [-0.4, -0.2) is 62.4 Å². The Kier molecular flexibility index (Phi) is 8.72. The largest absolute Gasteiger partial charge is 0.462 e. The Hall–Kier alpha value is -4.50. The molecule has 0 bridgehead atoms. The van der Waals surface area contributed by atoms with Gasteiger partial charge in [0.25, 0.3) is 5.91 Å². The van der Waals surface area contributed by atoms with Crippen molar-refractivity contribution in [2.45, 2.75) is 71.4 Å². The van der Waals surface area contributed by atoms with Gasteiger partial charge in [0.15, 0.2) is 5.82 Å². The molecule has 3 heterocycles. The Morgan fingerprint density at radius 3 is 2.58 bits per heavy atom. The predicted molar refractivity (Wildman–Crippen MR) is 174 cm³/mol. The van der Waals surface area contributed by atoms with Crippen LogP contribution in [0.4, 0.5) is 5.69 Å². The highest BCUT2D eigenvalue weighted by Gasteiger charge is 2.28. The van der Waals surface area contributed by atoms with Gasteiger partial charge in [-0.25, -0.2) is 14.5 Å². The molecule has 4 aromatic rings. The number of pyridine rings is 1. The summed E-state index contributed by atoms with van der Waals surface area (Å²) < 4.78 is 6.88. The first-order valence-corrected chi connectivity index (χ1v) is 15.9. The summed E-state index contributed by atoms with van der Waals surface area (Å²) in [6, 6.07) is 19.2. The number of nitrogens with one attached hydrogen (secondary N) is 1. The summed E-state index contributed by atoms with van der Waals surface area (Å²) in [4.78, 5) is 31.3. The molecule has 234 valence electrons. The lowest BCUT2D eigenvalue weighted by atomic mass is 9.88. The fraction of sp³-hybridized carbons (Fsp3) is 0.389. The molecule has 2 aromatic heterocycles. The Morgan fingerprint density at radius 2 is 1.84 bits per heavy atom. The van der Waals surface area contributed by atoms with Gasteiger partial charge in [0.1, 0.15) is 11.7 Å². The Morgan fingerprint density at radius 1 is 1.07 bits per heavy atom. The second kappa shape index (κ2) is 12.9. The highest BCUT2D eigenvalue weighted by atomic mass is 16.5. The van der Waals surface area contributed by atoms with Crippen molar-refractivity contribution in [1.82, 2.24) is 19.7 Å². The number of anilines is 1. The summed E-state index contributed by atoms with van der Waals surface area (Å²) >= 11 is 0. The van der Waals surface area contributed by atoms with Gasteiger partial charge in [0, 0.05) is 24.3 Å². The zero-order chi connectivity index (χ0) is 31.7. The molecule has 9 heteroatoms. The van der Waals surface area contributed by atoms with E-state index in [1.165, 1.54) is 35.4 Å². The number of aliphatic hydroxyl groups excluding tert-OH is 1. The molecule has 6 rings (SSSR count). The highest BCUT2D eigenvalue weighted by Crippen LogP contribution is 2.41. The Bertz CT molecular complexity index is 1720. The van der Waals surface area contributed by atoms with Crippen LogP contribution in [0, 0.1) is 13.8 Å². The van der Waals surface area contributed by atoms with Gasteiger partial charge >= 0.3 is 5.97 Å². The lowest BCUT2D eigenvalue weighted by Crippen LogP contribution is -2.42. The number of benzene rings is 2. The molecule has 2 aliphatic rings. The van der Waals surface area contributed by atoms with E-state index in [1.54, 1.807) is 16.5 Å². The van der Waals surface area contributed by atoms with E-state index in [1.807, 2.05) is 25.1 Å². The second-order valence-electron chi connectivity index (χ2n) is 12.1. The molecule has 1 saturated heterocycles. The van der Waals surface area contributed by atoms with Crippen molar-refractivity contribution in [3.63, 3.8) is 0 Å². The smallest absolute Gasteiger partial charge is 0.341 e. The molecule has 1 aliphatic heterocycles. The molecule has 45 heavy (non-hydrogen) atoms. The number of nitrogens with zero attached hydrogens (tertiary/aromatic N) is 4. The Labute approximate surface area is 264 Å². The van der Waals surface area contributed by atoms with Crippen molar-refractivity contribution in [3.05, 3.63) is 94.3 Å². The molecule has 2 atom stereocenters. The van der Waals surface area contributed by atoms with Crippen molar-refractivity contribution in [2.24, 2.45) is 0 Å². The molecular formula is C36H41N5O4. The number of carbonyl (C=O) groups is 2. The molecular weight excluding hydrogens is 566 g/mol. The number of piperidine rings is 1. The van der Waals surface area contributed by atoms with E-state index in [0.717, 1.165) is 42.6 Å². The number of hydrogen-bond acceptors (Lipinski definition) is 7. The van der Waals surface area contributed by atoms with E-state index in [2.05, 4.69) is 53.7 Å². The van der Waals surface area contributed by atoms with E-state index in [-0.39, 0.29) is 17.9 Å². The van der Waals surface area contributed by atoms with E-state index in [9.17, 15) is 14.7 Å². The lowest BCUT2D eigenvalue weighted by molar-refractivity contribution is -0.140. The van der Waals surface area contributed by atoms with E-state index >= 15 is 0 Å². The van der Waals surface area contributed by atoms with Gasteiger partial charge in [-0.3, -0.25) is 4.79 Å². The number of hydrogen-bond donors (Lipinski definition) is 2. The fourth-order valence-electron chi connectivity index (χ4n) is 6.78. The molecule has 2 aromatic carbocycles. The average molecular weight is 608 g/mol. The third-order valence-electron chi connectivity index (χ3n) is 9.20. The van der Waals surface area contributed by atoms with Crippen LogP contribution in [0.15, 0.2) is 60.8 Å². The zero-order valence-electron chi connectivity index (χ0n) is 26.4. The standard InChI is InChI=1S/C36H41N5O4/c1-5-45-36(44)29-21-37-41(23(29)3)33-11-7-10-31(39-33)28-9-6-8-26-12-15-32(34(26)28)38-30-14-13-27(20-22(30)2)25-16-18-40(19-17-25)35(43)24(4)42/h6-11,13-14,20-21,24-25,32,38,42H,5,12,15-19H2,1-4H3. The molecule has 2 N–H and O–H groups in total. The number of carbonyl (C=O) groups excluding carboxylic acids is 2. The topological polar surface area (TPSA) is 110 Å². The van der Waals surface area contributed by atoms with Crippen LogP contribution in [0.2, 0.25) is 0 Å². The molecule has 0 saturated carbocycles. The highest BCUT2D eigenvalue weighted by molar-refractivity contribution is 5.90. The number of ether oxygens (including phenoxy) is 1. The van der Waals surface area contributed by atoms with E-state index in [0.29, 0.717) is 42.7 Å². The van der Waals surface area contributed by atoms with Crippen LogP contribution in [0.1, 0.15) is 83.4 Å². The van der Waals surface area contributed by atoms with Gasteiger partial charge in [0.05, 0.1) is 30.2 Å². The van der Waals surface area contributed by atoms with Gasteiger partial charge in [0.2, 0.25) is 0 Å². The van der Waals surface area contributed by atoms with Crippen LogP contribution in [0.5, 0.6) is 0 Å². The third kappa shape index (κ3) is 6.09. The monoisotopic (exact) mass is 607 g/mol. The summed E-state index contributed by atoms with van der Waals surface area (Å²) in [5.74, 6) is 0.486. The summed E-state index contributed by atoms with van der Waals surface area (Å²) in [7, 11) is 0. The number of aryl methyl sites for hydroxylation is 2. The number of amides is 1. The van der Waals surface area contributed by atoms with Crippen molar-refractivity contribution in [3.8, 4) is 17.1 Å². The summed E-state index contributed by atoms with van der Waals surface area (Å²) in [6.45, 7) is 8.99. The van der Waals surface area contributed by atoms with Gasteiger partial charge in [-0.2, -0.15) is 5.10 Å². The SMILES string of the molecule is CCOC(=O)c1cnn(-c2cccc(-c3cccc4c3C(Nc3ccc(C5CCN(C(=O)C(C)O)CC5)cc3C)CC4)n2)c1C. The maximum absolute atomic E-state index is 12.4. The molecule has 9 nitrogen and oxygen atoms in total. The van der Waals surface area contributed by atoms with Crippen LogP contribution in [-0.2, 0) is 16.0 Å². The van der Waals surface area contributed by atoms with Crippen molar-refractivity contribution in [1.29, 1.82) is 0 Å². The molecule has 1 fully saturated rings. The quantitative estimate of drug-likeness (QED) is 0.240. The van der Waals surface area contributed by atoms with Crippen molar-refractivity contribution >= 4 is 17.6 Å².